The van der Waals surface area contributed by atoms with E-state index in [1.807, 2.05) is 18.3 Å². The largest absolute Gasteiger partial charge is 0.371 e. The number of benzene rings is 1. The van der Waals surface area contributed by atoms with Crippen molar-refractivity contribution in [2.45, 2.75) is 43.9 Å². The molecule has 158 valence electrons. The van der Waals surface area contributed by atoms with Crippen LogP contribution in [-0.2, 0) is 9.84 Å². The highest BCUT2D eigenvalue weighted by Crippen LogP contribution is 2.52. The Balaban J connectivity index is 1.37. The molecule has 0 radical (unpaired) electrons. The molecule has 1 N–H and O–H groups in total. The molecule has 6 nitrogen and oxygen atoms in total. The van der Waals surface area contributed by atoms with E-state index >= 15 is 0 Å². The zero-order valence-electron chi connectivity index (χ0n) is 17.5. The van der Waals surface area contributed by atoms with E-state index in [2.05, 4.69) is 32.8 Å². The van der Waals surface area contributed by atoms with Gasteiger partial charge >= 0.3 is 0 Å². The van der Waals surface area contributed by atoms with E-state index in [1.54, 1.807) is 25.4 Å². The fourth-order valence-electron chi connectivity index (χ4n) is 5.53. The van der Waals surface area contributed by atoms with Crippen LogP contribution in [0.3, 0.4) is 0 Å². The summed E-state index contributed by atoms with van der Waals surface area (Å²) in [7, 11) is -3.16. The Morgan fingerprint density at radius 2 is 1.97 bits per heavy atom. The third-order valence-corrected chi connectivity index (χ3v) is 9.02. The second-order valence-corrected chi connectivity index (χ2v) is 11.4. The van der Waals surface area contributed by atoms with E-state index in [0.717, 1.165) is 42.7 Å². The van der Waals surface area contributed by atoms with Gasteiger partial charge in [0.1, 0.15) is 12.0 Å². The summed E-state index contributed by atoms with van der Waals surface area (Å²) in [6.45, 7) is 6.13. The molecule has 1 aromatic carbocycles. The smallest absolute Gasteiger partial charge is 0.178 e. The van der Waals surface area contributed by atoms with Crippen LogP contribution < -0.4 is 4.90 Å². The predicted molar refractivity (Wildman–Crippen MR) is 118 cm³/mol. The first-order valence-electron chi connectivity index (χ1n) is 10.8. The van der Waals surface area contributed by atoms with Gasteiger partial charge in [0.15, 0.2) is 9.84 Å². The first kappa shape index (κ1) is 19.5. The van der Waals surface area contributed by atoms with Crippen molar-refractivity contribution >= 4 is 26.6 Å². The average Bonchev–Trinajstić information content (AvgIpc) is 3.37. The van der Waals surface area contributed by atoms with Crippen LogP contribution in [0.25, 0.3) is 11.0 Å². The molecule has 1 saturated heterocycles. The highest BCUT2D eigenvalue weighted by atomic mass is 32.2. The number of aromatic amines is 1. The monoisotopic (exact) mass is 424 g/mol. The quantitative estimate of drug-likeness (QED) is 0.680. The number of nitrogens with zero attached hydrogens (tertiary/aromatic N) is 3. The zero-order valence-corrected chi connectivity index (χ0v) is 18.3. The maximum absolute atomic E-state index is 12.1. The number of hydrogen-bond acceptors (Lipinski definition) is 5. The summed E-state index contributed by atoms with van der Waals surface area (Å²) in [5, 5.41) is 1.15. The van der Waals surface area contributed by atoms with E-state index in [4.69, 9.17) is 0 Å². The Morgan fingerprint density at radius 1 is 1.17 bits per heavy atom. The summed E-state index contributed by atoms with van der Waals surface area (Å²) in [4.78, 5) is 15.1. The van der Waals surface area contributed by atoms with Crippen LogP contribution in [0.2, 0.25) is 0 Å². The SMILES string of the molecule is CCS(=O)(=O)c1ccc(N2C[C@H]3CCC(c4ncnc5[nH]ccc45)C[C@@]3(C)C2)cc1. The van der Waals surface area contributed by atoms with Crippen molar-refractivity contribution in [1.82, 2.24) is 15.0 Å². The lowest BCUT2D eigenvalue weighted by Crippen LogP contribution is -2.33. The van der Waals surface area contributed by atoms with Gasteiger partial charge in [-0.3, -0.25) is 0 Å². The molecule has 1 saturated carbocycles. The molecule has 3 aromatic rings. The molecule has 5 rings (SSSR count). The number of sulfone groups is 1. The Hall–Kier alpha value is -2.41. The van der Waals surface area contributed by atoms with E-state index < -0.39 is 9.84 Å². The van der Waals surface area contributed by atoms with Crippen LogP contribution in [0.4, 0.5) is 5.69 Å². The fraction of sp³-hybridized carbons (Fsp3) is 0.478. The van der Waals surface area contributed by atoms with Gasteiger partial charge in [-0.05, 0) is 60.9 Å². The van der Waals surface area contributed by atoms with Gasteiger partial charge in [0.2, 0.25) is 0 Å². The minimum absolute atomic E-state index is 0.134. The maximum Gasteiger partial charge on any atom is 0.178 e. The molecule has 0 amide bonds. The Kier molecular flexibility index (Phi) is 4.61. The van der Waals surface area contributed by atoms with E-state index in [9.17, 15) is 8.42 Å². The van der Waals surface area contributed by atoms with E-state index in [1.165, 1.54) is 12.1 Å². The minimum atomic E-state index is -3.16. The van der Waals surface area contributed by atoms with Gasteiger partial charge in [0, 0.05) is 36.3 Å². The molecule has 0 spiro atoms. The normalized spacial score (nSPS) is 26.8. The molecule has 1 unspecified atom stereocenters. The first-order valence-corrected chi connectivity index (χ1v) is 12.4. The lowest BCUT2D eigenvalue weighted by atomic mass is 9.65. The summed E-state index contributed by atoms with van der Waals surface area (Å²) in [5.74, 6) is 1.23. The third-order valence-electron chi connectivity index (χ3n) is 7.27. The number of H-pyrrole nitrogens is 1. The van der Waals surface area contributed by atoms with Crippen molar-refractivity contribution in [3.8, 4) is 0 Å². The molecule has 3 atom stereocenters. The summed E-state index contributed by atoms with van der Waals surface area (Å²) in [6, 6.07) is 9.53. The third kappa shape index (κ3) is 3.20. The number of anilines is 1. The highest BCUT2D eigenvalue weighted by molar-refractivity contribution is 7.91. The zero-order chi connectivity index (χ0) is 20.9. The Morgan fingerprint density at radius 3 is 2.73 bits per heavy atom. The van der Waals surface area contributed by atoms with Gasteiger partial charge in [-0.15, -0.1) is 0 Å². The summed E-state index contributed by atoms with van der Waals surface area (Å²) in [6.07, 6.45) is 7.08. The second-order valence-electron chi connectivity index (χ2n) is 9.11. The molecule has 30 heavy (non-hydrogen) atoms. The molecular formula is C23H28N4O2S. The van der Waals surface area contributed by atoms with Crippen molar-refractivity contribution in [2.75, 3.05) is 23.7 Å². The molecule has 0 bridgehead atoms. The van der Waals surface area contributed by atoms with E-state index in [0.29, 0.717) is 16.7 Å². The van der Waals surface area contributed by atoms with Crippen LogP contribution in [0.5, 0.6) is 0 Å². The van der Waals surface area contributed by atoms with Gasteiger partial charge in [-0.25, -0.2) is 18.4 Å². The van der Waals surface area contributed by atoms with Crippen molar-refractivity contribution in [3.63, 3.8) is 0 Å². The van der Waals surface area contributed by atoms with Crippen LogP contribution in [0, 0.1) is 11.3 Å². The van der Waals surface area contributed by atoms with Crippen LogP contribution in [-0.4, -0.2) is 42.2 Å². The molecule has 3 heterocycles. The van der Waals surface area contributed by atoms with Crippen molar-refractivity contribution in [1.29, 1.82) is 0 Å². The summed E-state index contributed by atoms with van der Waals surface area (Å²) >= 11 is 0. The number of hydrogen-bond donors (Lipinski definition) is 1. The molecule has 2 fully saturated rings. The van der Waals surface area contributed by atoms with Gasteiger partial charge in [0.05, 0.1) is 16.3 Å². The predicted octanol–water partition coefficient (Wildman–Crippen LogP) is 4.16. The molecule has 7 heteroatoms. The second kappa shape index (κ2) is 7.08. The Bertz CT molecular complexity index is 1170. The van der Waals surface area contributed by atoms with Gasteiger partial charge in [-0.1, -0.05) is 13.8 Å². The average molecular weight is 425 g/mol. The van der Waals surface area contributed by atoms with Gasteiger partial charge < -0.3 is 9.88 Å². The first-order chi connectivity index (χ1) is 14.4. The molecule has 2 aromatic heterocycles. The molecule has 2 aliphatic rings. The number of aromatic nitrogens is 3. The van der Waals surface area contributed by atoms with Crippen molar-refractivity contribution < 1.29 is 8.42 Å². The fourth-order valence-corrected chi connectivity index (χ4v) is 6.42. The summed E-state index contributed by atoms with van der Waals surface area (Å²) in [5.41, 5.74) is 3.44. The van der Waals surface area contributed by atoms with Crippen LogP contribution >= 0.6 is 0 Å². The van der Waals surface area contributed by atoms with E-state index in [-0.39, 0.29) is 11.2 Å². The van der Waals surface area contributed by atoms with Crippen molar-refractivity contribution in [2.24, 2.45) is 11.3 Å². The maximum atomic E-state index is 12.1. The number of fused-ring (bicyclic) bond motifs is 2. The van der Waals surface area contributed by atoms with Crippen molar-refractivity contribution in [3.05, 3.63) is 48.5 Å². The topological polar surface area (TPSA) is 79.0 Å². The molecule has 1 aliphatic carbocycles. The lowest BCUT2D eigenvalue weighted by Gasteiger charge is -2.39. The lowest BCUT2D eigenvalue weighted by molar-refractivity contribution is 0.154. The Labute approximate surface area is 177 Å². The number of rotatable bonds is 4. The highest BCUT2D eigenvalue weighted by Gasteiger charge is 2.47. The number of nitrogens with one attached hydrogen (secondary N) is 1. The van der Waals surface area contributed by atoms with Crippen LogP contribution in [0.1, 0.15) is 44.7 Å². The molecular weight excluding hydrogens is 396 g/mol. The standard InChI is InChI=1S/C23H28N4O2S/c1-3-30(28,29)19-8-6-18(7-9-19)27-13-17-5-4-16(12-23(17,2)14-27)21-20-10-11-24-22(20)26-15-25-21/h6-11,15-17H,3-5,12-14H2,1-2H3,(H,24,25,26)/t16?,17-,23+/m1/s1. The minimum Gasteiger partial charge on any atom is -0.371 e. The summed E-state index contributed by atoms with van der Waals surface area (Å²) < 4.78 is 24.2. The van der Waals surface area contributed by atoms with Gasteiger partial charge in [0.25, 0.3) is 0 Å². The molecule has 1 aliphatic heterocycles. The van der Waals surface area contributed by atoms with Crippen LogP contribution in [0.15, 0.2) is 47.8 Å². The van der Waals surface area contributed by atoms with Gasteiger partial charge in [-0.2, -0.15) is 0 Å².